The fourth-order valence-electron chi connectivity index (χ4n) is 5.19. The highest BCUT2D eigenvalue weighted by Gasteiger charge is 2.31. The number of piperidine rings is 1. The van der Waals surface area contributed by atoms with Crippen LogP contribution >= 0.6 is 0 Å². The van der Waals surface area contributed by atoms with Gasteiger partial charge in [0.15, 0.2) is 0 Å². The minimum absolute atomic E-state index is 0.0167. The molecule has 2 aromatic carbocycles. The lowest BCUT2D eigenvalue weighted by Gasteiger charge is -2.38. The van der Waals surface area contributed by atoms with Gasteiger partial charge in [0.05, 0.1) is 18.1 Å². The number of ether oxygens (including phenoxy) is 2. The molecule has 1 aromatic heterocycles. The quantitative estimate of drug-likeness (QED) is 0.358. The van der Waals surface area contributed by atoms with E-state index in [1.165, 1.54) is 0 Å². The van der Waals surface area contributed by atoms with E-state index in [0.29, 0.717) is 50.0 Å². The number of methoxy groups -OCH3 is 1. The third kappa shape index (κ3) is 5.70. The number of carbonyl (C=O) groups is 3. The van der Waals surface area contributed by atoms with Gasteiger partial charge in [0.2, 0.25) is 17.7 Å². The number of aryl methyl sites for hydroxylation is 1. The highest BCUT2D eigenvalue weighted by molar-refractivity contribution is 5.91. The molecule has 2 aliphatic heterocycles. The summed E-state index contributed by atoms with van der Waals surface area (Å²) in [6.45, 7) is 3.18. The van der Waals surface area contributed by atoms with Crippen LogP contribution in [0.4, 0.5) is 15.3 Å². The summed E-state index contributed by atoms with van der Waals surface area (Å²) < 4.78 is 10.7. The number of hydrogen-bond acceptors (Lipinski definition) is 7. The van der Waals surface area contributed by atoms with Crippen LogP contribution in [0.25, 0.3) is 11.0 Å². The van der Waals surface area contributed by atoms with Gasteiger partial charge in [-0.05, 0) is 61.6 Å². The Kier molecular flexibility index (Phi) is 7.59. The standard InChI is InChI=1S/C27H30N8O5/c1-16-11-20(13-22-24(16)33-25(31-22)30-15-28)40-27(38)29-14-23(36)34-8-6-18(7-9-34)35-10-5-17-12-19(39-2)3-4-21(17)32-26(35)37/h3-4,11-13,18H,5-10,14H2,1-2H3,(H,29,38)(H,32,37)(H2,30,31,33). The molecule has 0 bridgehead atoms. The van der Waals surface area contributed by atoms with Crippen LogP contribution in [-0.2, 0) is 11.2 Å². The van der Waals surface area contributed by atoms with Gasteiger partial charge < -0.3 is 39.9 Å². The molecule has 5 rings (SSSR count). The molecular formula is C27H30N8O5. The van der Waals surface area contributed by atoms with Crippen LogP contribution in [0, 0.1) is 18.4 Å². The van der Waals surface area contributed by atoms with E-state index in [2.05, 4.69) is 25.6 Å². The first-order valence-corrected chi connectivity index (χ1v) is 13.0. The van der Waals surface area contributed by atoms with E-state index in [1.807, 2.05) is 30.0 Å². The Hall–Kier alpha value is -4.99. The Morgan fingerprint density at radius 2 is 1.95 bits per heavy atom. The number of anilines is 1. The zero-order valence-corrected chi connectivity index (χ0v) is 22.2. The Morgan fingerprint density at radius 1 is 1.15 bits per heavy atom. The summed E-state index contributed by atoms with van der Waals surface area (Å²) >= 11 is 0. The first-order valence-electron chi connectivity index (χ1n) is 13.0. The Bertz CT molecular complexity index is 1560. The first kappa shape index (κ1) is 26.6. The summed E-state index contributed by atoms with van der Waals surface area (Å²) in [5.41, 5.74) is 4.26. The highest BCUT2D eigenvalue weighted by atomic mass is 16.6. The van der Waals surface area contributed by atoms with Gasteiger partial charge in [0.1, 0.15) is 18.0 Å². The molecular weight excluding hydrogens is 516 g/mol. The number of nitrogens with one attached hydrogen (secondary N) is 4. The van der Waals surface area contributed by atoms with Gasteiger partial charge in [-0.15, -0.1) is 4.99 Å². The topological polar surface area (TPSA) is 168 Å². The summed E-state index contributed by atoms with van der Waals surface area (Å²) in [5, 5.41) is 14.2. The van der Waals surface area contributed by atoms with Crippen molar-refractivity contribution in [1.29, 1.82) is 5.26 Å². The number of H-pyrrole nitrogens is 2. The van der Waals surface area contributed by atoms with Crippen LogP contribution in [0.2, 0.25) is 0 Å². The van der Waals surface area contributed by atoms with Crippen LogP contribution in [0.15, 0.2) is 35.3 Å². The predicted molar refractivity (Wildman–Crippen MR) is 145 cm³/mol. The summed E-state index contributed by atoms with van der Waals surface area (Å²) in [5.74, 6) is 0.817. The van der Waals surface area contributed by atoms with Crippen molar-refractivity contribution in [3.63, 3.8) is 0 Å². The molecule has 4 amide bonds. The fraction of sp³-hybridized carbons (Fsp3) is 0.370. The largest absolute Gasteiger partial charge is 0.497 e. The van der Waals surface area contributed by atoms with Gasteiger partial charge in [-0.2, -0.15) is 5.26 Å². The third-order valence-corrected chi connectivity index (χ3v) is 7.26. The van der Waals surface area contributed by atoms with Crippen molar-refractivity contribution < 1.29 is 23.9 Å². The number of imidazole rings is 1. The van der Waals surface area contributed by atoms with E-state index in [4.69, 9.17) is 14.7 Å². The van der Waals surface area contributed by atoms with Crippen molar-refractivity contribution >= 4 is 34.8 Å². The molecule has 0 radical (unpaired) electrons. The minimum atomic E-state index is -0.753. The average Bonchev–Trinajstić information content (AvgIpc) is 3.28. The number of benzene rings is 2. The minimum Gasteiger partial charge on any atom is -0.497 e. The number of aromatic amines is 2. The number of likely N-dealkylation sites (tertiary alicyclic amines) is 1. The number of carbonyl (C=O) groups excluding carboxylic acids is 3. The van der Waals surface area contributed by atoms with Gasteiger partial charge in [0.25, 0.3) is 0 Å². The summed E-state index contributed by atoms with van der Waals surface area (Å²) in [6.07, 6.45) is 2.96. The van der Waals surface area contributed by atoms with E-state index < -0.39 is 6.09 Å². The Morgan fingerprint density at radius 3 is 2.70 bits per heavy atom. The van der Waals surface area contributed by atoms with Gasteiger partial charge >= 0.3 is 12.1 Å². The summed E-state index contributed by atoms with van der Waals surface area (Å²) in [7, 11) is 1.62. The molecule has 1 fully saturated rings. The molecule has 3 aromatic rings. The van der Waals surface area contributed by atoms with Gasteiger partial charge in [-0.3, -0.25) is 4.79 Å². The highest BCUT2D eigenvalue weighted by Crippen LogP contribution is 2.28. The second-order valence-corrected chi connectivity index (χ2v) is 9.72. The molecule has 4 N–H and O–H groups in total. The normalized spacial score (nSPS) is 16.1. The fourth-order valence-corrected chi connectivity index (χ4v) is 5.19. The van der Waals surface area contributed by atoms with Crippen molar-refractivity contribution in [3.8, 4) is 17.7 Å². The molecule has 1 saturated heterocycles. The van der Waals surface area contributed by atoms with Crippen LogP contribution in [-0.4, -0.2) is 77.1 Å². The monoisotopic (exact) mass is 546 g/mol. The number of rotatable bonds is 5. The van der Waals surface area contributed by atoms with Gasteiger partial charge in [-0.25, -0.2) is 9.59 Å². The number of aromatic nitrogens is 2. The number of hydrogen-bond donors (Lipinski definition) is 4. The lowest BCUT2D eigenvalue weighted by Crippen LogP contribution is -2.51. The van der Waals surface area contributed by atoms with Gasteiger partial charge in [-0.1, -0.05) is 0 Å². The van der Waals surface area contributed by atoms with Crippen LogP contribution < -0.4 is 25.7 Å². The molecule has 0 atom stereocenters. The maximum Gasteiger partial charge on any atom is 0.413 e. The number of nitriles is 1. The van der Waals surface area contributed by atoms with Crippen molar-refractivity contribution in [2.45, 2.75) is 32.2 Å². The van der Waals surface area contributed by atoms with Crippen LogP contribution in [0.5, 0.6) is 11.5 Å². The molecule has 0 aliphatic carbocycles. The van der Waals surface area contributed by atoms with Crippen molar-refractivity contribution in [2.75, 3.05) is 38.6 Å². The molecule has 13 nitrogen and oxygen atoms in total. The Balaban J connectivity index is 1.11. The van der Waals surface area contributed by atoms with E-state index in [-0.39, 0.29) is 30.3 Å². The lowest BCUT2D eigenvalue weighted by molar-refractivity contribution is -0.131. The molecule has 0 spiro atoms. The molecule has 0 saturated carbocycles. The predicted octanol–water partition coefficient (Wildman–Crippen LogP) is 2.36. The number of amides is 4. The van der Waals surface area contributed by atoms with E-state index >= 15 is 0 Å². The second-order valence-electron chi connectivity index (χ2n) is 9.72. The zero-order chi connectivity index (χ0) is 28.2. The van der Waals surface area contributed by atoms with E-state index in [0.717, 1.165) is 28.1 Å². The zero-order valence-electron chi connectivity index (χ0n) is 22.2. The maximum atomic E-state index is 12.9. The summed E-state index contributed by atoms with van der Waals surface area (Å²) in [4.78, 5) is 51.1. The summed E-state index contributed by atoms with van der Waals surface area (Å²) in [6, 6.07) is 8.78. The smallest absolute Gasteiger partial charge is 0.413 e. The number of urea groups is 1. The SMILES string of the molecule is COc1ccc2c(c1)CCN(C1CCN(C(=O)CNC(=O)Oc3cc(C)c4[nH]c(=NC#N)[nH]c4c3)CC1)C(=O)N2. The van der Waals surface area contributed by atoms with Gasteiger partial charge in [0, 0.05) is 37.4 Å². The van der Waals surface area contributed by atoms with Crippen LogP contribution in [0.1, 0.15) is 24.0 Å². The second kappa shape index (κ2) is 11.4. The molecule has 2 aliphatic rings. The molecule has 13 heteroatoms. The third-order valence-electron chi connectivity index (χ3n) is 7.26. The molecule has 40 heavy (non-hydrogen) atoms. The molecule has 3 heterocycles. The van der Waals surface area contributed by atoms with E-state index in [1.54, 1.807) is 30.3 Å². The number of fused-ring (bicyclic) bond motifs is 2. The maximum absolute atomic E-state index is 12.9. The first-order chi connectivity index (χ1) is 19.3. The van der Waals surface area contributed by atoms with Crippen LogP contribution in [0.3, 0.4) is 0 Å². The van der Waals surface area contributed by atoms with Crippen molar-refractivity contribution in [3.05, 3.63) is 47.1 Å². The van der Waals surface area contributed by atoms with E-state index in [9.17, 15) is 14.4 Å². The Labute approximate surface area is 229 Å². The molecule has 0 unspecified atom stereocenters. The van der Waals surface area contributed by atoms with Crippen molar-refractivity contribution in [2.24, 2.45) is 4.99 Å². The number of nitrogens with zero attached hydrogens (tertiary/aromatic N) is 4. The molecule has 208 valence electrons. The van der Waals surface area contributed by atoms with Crippen molar-refractivity contribution in [1.82, 2.24) is 25.1 Å². The lowest BCUT2D eigenvalue weighted by atomic mass is 10.0. The average molecular weight is 547 g/mol.